The van der Waals surface area contributed by atoms with Gasteiger partial charge in [-0.05, 0) is 16.9 Å². The Bertz CT molecular complexity index is 925. The number of aromatic nitrogens is 1. The van der Waals surface area contributed by atoms with Gasteiger partial charge in [-0.2, -0.15) is 0 Å². The smallest absolute Gasteiger partial charge is 0.208 e. The highest BCUT2D eigenvalue weighted by atomic mass is 32.2. The predicted octanol–water partition coefficient (Wildman–Crippen LogP) is 3.06. The molecule has 0 spiro atoms. The van der Waals surface area contributed by atoms with E-state index in [9.17, 15) is 13.2 Å². The standard InChI is InChI=1S/C19H26N2O3S/c1-18(2)17(19(18,3)4)16(22)14-12-21(11-10-20-25(5,23)24)15-9-7-6-8-13(14)15/h6-9,12,17,20H,10-11H2,1-5H3. The van der Waals surface area contributed by atoms with E-state index in [1.165, 1.54) is 0 Å². The van der Waals surface area contributed by atoms with Crippen molar-refractivity contribution in [3.63, 3.8) is 0 Å². The molecule has 1 saturated carbocycles. The normalized spacial score (nSPS) is 19.2. The molecular weight excluding hydrogens is 336 g/mol. The van der Waals surface area contributed by atoms with Crippen LogP contribution in [-0.4, -0.2) is 31.6 Å². The Morgan fingerprint density at radius 3 is 2.32 bits per heavy atom. The van der Waals surface area contributed by atoms with Gasteiger partial charge in [0.2, 0.25) is 10.0 Å². The largest absolute Gasteiger partial charge is 0.345 e. The molecule has 1 aliphatic rings. The van der Waals surface area contributed by atoms with Crippen LogP contribution in [0.25, 0.3) is 10.9 Å². The van der Waals surface area contributed by atoms with Crippen LogP contribution in [0.15, 0.2) is 30.5 Å². The van der Waals surface area contributed by atoms with Gasteiger partial charge in [0.25, 0.3) is 0 Å². The van der Waals surface area contributed by atoms with Crippen LogP contribution in [0, 0.1) is 16.7 Å². The Morgan fingerprint density at radius 2 is 1.76 bits per heavy atom. The zero-order valence-corrected chi connectivity index (χ0v) is 16.3. The Balaban J connectivity index is 1.94. The van der Waals surface area contributed by atoms with Crippen LogP contribution in [0.4, 0.5) is 0 Å². The van der Waals surface area contributed by atoms with E-state index in [1.54, 1.807) is 0 Å². The highest BCUT2D eigenvalue weighted by molar-refractivity contribution is 7.88. The van der Waals surface area contributed by atoms with Crippen LogP contribution >= 0.6 is 0 Å². The molecule has 1 aromatic carbocycles. The van der Waals surface area contributed by atoms with Crippen LogP contribution in [0.3, 0.4) is 0 Å². The van der Waals surface area contributed by atoms with E-state index in [1.807, 2.05) is 35.0 Å². The Kier molecular flexibility index (Phi) is 4.12. The summed E-state index contributed by atoms with van der Waals surface area (Å²) in [5, 5.41) is 0.936. The molecule has 6 heteroatoms. The molecule has 5 nitrogen and oxygen atoms in total. The molecule has 1 aliphatic carbocycles. The number of fused-ring (bicyclic) bond motifs is 1. The molecule has 0 unspecified atom stereocenters. The maximum absolute atomic E-state index is 13.2. The van der Waals surface area contributed by atoms with Crippen molar-refractivity contribution < 1.29 is 13.2 Å². The van der Waals surface area contributed by atoms with Gasteiger partial charge < -0.3 is 4.57 Å². The van der Waals surface area contributed by atoms with Crippen molar-refractivity contribution in [1.29, 1.82) is 0 Å². The van der Waals surface area contributed by atoms with E-state index < -0.39 is 10.0 Å². The van der Waals surface area contributed by atoms with Gasteiger partial charge in [0.1, 0.15) is 0 Å². The minimum Gasteiger partial charge on any atom is -0.345 e. The minimum absolute atomic E-state index is 0.00778. The van der Waals surface area contributed by atoms with Crippen molar-refractivity contribution in [3.05, 3.63) is 36.0 Å². The first-order valence-electron chi connectivity index (χ1n) is 8.53. The van der Waals surface area contributed by atoms with E-state index in [0.717, 1.165) is 22.7 Å². The number of hydrogen-bond acceptors (Lipinski definition) is 3. The number of para-hydroxylation sites is 1. The molecule has 25 heavy (non-hydrogen) atoms. The quantitative estimate of drug-likeness (QED) is 0.803. The fourth-order valence-electron chi connectivity index (χ4n) is 3.99. The number of sulfonamides is 1. The maximum Gasteiger partial charge on any atom is 0.208 e. The molecule has 0 bridgehead atoms. The fraction of sp³-hybridized carbons (Fsp3) is 0.526. The van der Waals surface area contributed by atoms with Gasteiger partial charge in [0.05, 0.1) is 6.26 Å². The molecule has 136 valence electrons. The van der Waals surface area contributed by atoms with Crippen molar-refractivity contribution in [2.24, 2.45) is 16.7 Å². The van der Waals surface area contributed by atoms with Crippen molar-refractivity contribution in [1.82, 2.24) is 9.29 Å². The summed E-state index contributed by atoms with van der Waals surface area (Å²) in [4.78, 5) is 13.2. The number of benzene rings is 1. The average molecular weight is 362 g/mol. The second-order valence-corrected chi connectivity index (χ2v) is 9.99. The molecule has 3 rings (SSSR count). The maximum atomic E-state index is 13.2. The van der Waals surface area contributed by atoms with Crippen molar-refractivity contribution >= 4 is 26.7 Å². The fourth-order valence-corrected chi connectivity index (χ4v) is 4.45. The first-order valence-corrected chi connectivity index (χ1v) is 10.4. The average Bonchev–Trinajstić information content (AvgIpc) is 2.79. The minimum atomic E-state index is -3.22. The number of nitrogens with one attached hydrogen (secondary N) is 1. The molecule has 0 saturated heterocycles. The predicted molar refractivity (Wildman–Crippen MR) is 100 cm³/mol. The van der Waals surface area contributed by atoms with Gasteiger partial charge in [-0.3, -0.25) is 4.79 Å². The molecule has 1 fully saturated rings. The van der Waals surface area contributed by atoms with Gasteiger partial charge in [-0.1, -0.05) is 45.9 Å². The number of ketones is 1. The van der Waals surface area contributed by atoms with Gasteiger partial charge in [-0.15, -0.1) is 0 Å². The van der Waals surface area contributed by atoms with Crippen LogP contribution < -0.4 is 4.72 Å². The highest BCUT2D eigenvalue weighted by Crippen LogP contribution is 2.69. The Morgan fingerprint density at radius 1 is 1.16 bits per heavy atom. The number of carbonyl (C=O) groups excluding carboxylic acids is 1. The number of carbonyl (C=O) groups is 1. The molecule has 1 aromatic heterocycles. The third-order valence-corrected chi connectivity index (χ3v) is 6.78. The summed E-state index contributed by atoms with van der Waals surface area (Å²) in [6.45, 7) is 9.36. The van der Waals surface area contributed by atoms with Crippen LogP contribution in [0.5, 0.6) is 0 Å². The second-order valence-electron chi connectivity index (χ2n) is 8.16. The summed E-state index contributed by atoms with van der Waals surface area (Å²) >= 11 is 0. The zero-order chi connectivity index (χ0) is 18.6. The van der Waals surface area contributed by atoms with Crippen LogP contribution in [0.2, 0.25) is 0 Å². The van der Waals surface area contributed by atoms with Crippen LogP contribution in [0.1, 0.15) is 38.1 Å². The number of hydrogen-bond donors (Lipinski definition) is 1. The van der Waals surface area contributed by atoms with Gasteiger partial charge in [0.15, 0.2) is 5.78 Å². The first-order chi connectivity index (χ1) is 11.5. The topological polar surface area (TPSA) is 68.2 Å². The van der Waals surface area contributed by atoms with Crippen molar-refractivity contribution in [3.8, 4) is 0 Å². The lowest BCUT2D eigenvalue weighted by Gasteiger charge is -2.05. The third kappa shape index (κ3) is 3.02. The number of rotatable bonds is 6. The van der Waals surface area contributed by atoms with E-state index in [-0.39, 0.29) is 22.5 Å². The lowest BCUT2D eigenvalue weighted by molar-refractivity contribution is 0.0946. The van der Waals surface area contributed by atoms with E-state index in [0.29, 0.717) is 13.1 Å². The molecule has 0 aliphatic heterocycles. The van der Waals surface area contributed by atoms with E-state index >= 15 is 0 Å². The summed E-state index contributed by atoms with van der Waals surface area (Å²) in [5.74, 6) is 0.189. The van der Waals surface area contributed by atoms with Crippen molar-refractivity contribution in [2.45, 2.75) is 34.2 Å². The van der Waals surface area contributed by atoms with Crippen LogP contribution in [-0.2, 0) is 16.6 Å². The van der Waals surface area contributed by atoms with E-state index in [2.05, 4.69) is 32.4 Å². The molecule has 1 heterocycles. The zero-order valence-electron chi connectivity index (χ0n) is 15.5. The Labute approximate surface area is 149 Å². The lowest BCUT2D eigenvalue weighted by atomic mass is 10.0. The summed E-state index contributed by atoms with van der Waals surface area (Å²) < 4.78 is 27.0. The molecule has 0 atom stereocenters. The second kappa shape index (κ2) is 5.68. The third-order valence-electron chi connectivity index (χ3n) is 6.05. The Hall–Kier alpha value is -1.66. The van der Waals surface area contributed by atoms with Gasteiger partial charge in [-0.25, -0.2) is 13.1 Å². The van der Waals surface area contributed by atoms with Gasteiger partial charge in [0, 0.05) is 41.7 Å². The number of nitrogens with zero attached hydrogens (tertiary/aromatic N) is 1. The molecule has 1 N–H and O–H groups in total. The summed E-state index contributed by atoms with van der Waals surface area (Å²) in [7, 11) is -3.22. The first kappa shape index (κ1) is 18.1. The van der Waals surface area contributed by atoms with Crippen molar-refractivity contribution in [2.75, 3.05) is 12.8 Å². The summed E-state index contributed by atoms with van der Waals surface area (Å²) in [6.07, 6.45) is 3.02. The summed E-state index contributed by atoms with van der Waals surface area (Å²) in [5.41, 5.74) is 1.67. The molecule has 0 radical (unpaired) electrons. The monoisotopic (exact) mass is 362 g/mol. The summed E-state index contributed by atoms with van der Waals surface area (Å²) in [6, 6.07) is 7.80. The van der Waals surface area contributed by atoms with Gasteiger partial charge >= 0.3 is 0 Å². The molecular formula is C19H26N2O3S. The van der Waals surface area contributed by atoms with E-state index in [4.69, 9.17) is 0 Å². The molecule has 0 amide bonds. The number of Topliss-reactive ketones (excluding diaryl/α,β-unsaturated/α-hetero) is 1. The SMILES string of the molecule is CC1(C)C(C(=O)c2cn(CCNS(C)(=O)=O)c3ccccc23)C1(C)C. The molecule has 2 aromatic rings. The highest BCUT2D eigenvalue weighted by Gasteiger charge is 2.68. The lowest BCUT2D eigenvalue weighted by Crippen LogP contribution is -2.25.